The van der Waals surface area contributed by atoms with Gasteiger partial charge in [-0.1, -0.05) is 6.07 Å². The molecular formula is C16H17NO4. The first kappa shape index (κ1) is 13.5. The van der Waals surface area contributed by atoms with Crippen molar-refractivity contribution in [1.29, 1.82) is 0 Å². The van der Waals surface area contributed by atoms with Gasteiger partial charge in [0.15, 0.2) is 17.6 Å². The monoisotopic (exact) mass is 287 g/mol. The number of benzene rings is 1. The van der Waals surface area contributed by atoms with Crippen molar-refractivity contribution in [1.82, 2.24) is 4.98 Å². The summed E-state index contributed by atoms with van der Waals surface area (Å²) in [6.45, 7) is 2.44. The quantitative estimate of drug-likeness (QED) is 0.868. The Bertz CT molecular complexity index is 642. The van der Waals surface area contributed by atoms with Crippen molar-refractivity contribution in [2.24, 2.45) is 0 Å². The van der Waals surface area contributed by atoms with Crippen LogP contribution in [-0.2, 0) is 0 Å². The summed E-state index contributed by atoms with van der Waals surface area (Å²) in [5.74, 6) is 2.58. The lowest BCUT2D eigenvalue weighted by Gasteiger charge is -2.28. The van der Waals surface area contributed by atoms with Gasteiger partial charge in [-0.25, -0.2) is 4.98 Å². The molecule has 110 valence electrons. The van der Waals surface area contributed by atoms with Crippen LogP contribution in [0.25, 0.3) is 0 Å². The van der Waals surface area contributed by atoms with E-state index < -0.39 is 0 Å². The number of aromatic nitrogens is 1. The summed E-state index contributed by atoms with van der Waals surface area (Å²) in [5.41, 5.74) is 2.03. The molecule has 3 rings (SSSR count). The van der Waals surface area contributed by atoms with E-state index in [9.17, 15) is 0 Å². The van der Waals surface area contributed by atoms with Gasteiger partial charge in [-0.2, -0.15) is 0 Å². The molecule has 1 unspecified atom stereocenters. The molecule has 1 aromatic carbocycles. The van der Waals surface area contributed by atoms with Crippen LogP contribution in [0.15, 0.2) is 30.5 Å². The highest BCUT2D eigenvalue weighted by Gasteiger charge is 2.26. The van der Waals surface area contributed by atoms with Crippen LogP contribution in [0.5, 0.6) is 23.1 Å². The second kappa shape index (κ2) is 5.52. The highest BCUT2D eigenvalue weighted by molar-refractivity contribution is 5.52. The molecule has 0 fully saturated rings. The number of rotatable bonds is 3. The van der Waals surface area contributed by atoms with Gasteiger partial charge in [0.05, 0.1) is 14.2 Å². The molecule has 2 aromatic rings. The number of ether oxygens (including phenoxy) is 4. The van der Waals surface area contributed by atoms with Crippen molar-refractivity contribution in [2.45, 2.75) is 13.0 Å². The van der Waals surface area contributed by atoms with E-state index in [0.29, 0.717) is 29.7 Å². The number of hydrogen-bond acceptors (Lipinski definition) is 5. The number of nitrogens with zero attached hydrogens (tertiary/aromatic N) is 1. The van der Waals surface area contributed by atoms with Crippen molar-refractivity contribution >= 4 is 0 Å². The molecule has 0 aliphatic carbocycles. The summed E-state index contributed by atoms with van der Waals surface area (Å²) in [7, 11) is 3.21. The number of methoxy groups -OCH3 is 2. The van der Waals surface area contributed by atoms with Crippen molar-refractivity contribution in [3.05, 3.63) is 41.6 Å². The maximum Gasteiger partial charge on any atom is 0.213 e. The summed E-state index contributed by atoms with van der Waals surface area (Å²) >= 11 is 0. The third kappa shape index (κ3) is 2.46. The van der Waals surface area contributed by atoms with Crippen LogP contribution in [0, 0.1) is 6.92 Å². The fraction of sp³-hybridized carbons (Fsp3) is 0.312. The fourth-order valence-corrected chi connectivity index (χ4v) is 2.37. The zero-order valence-electron chi connectivity index (χ0n) is 12.3. The third-order valence-electron chi connectivity index (χ3n) is 3.50. The largest absolute Gasteiger partial charge is 0.493 e. The maximum atomic E-state index is 6.06. The van der Waals surface area contributed by atoms with Crippen LogP contribution >= 0.6 is 0 Å². The summed E-state index contributed by atoms with van der Waals surface area (Å²) in [5, 5.41) is 0. The summed E-state index contributed by atoms with van der Waals surface area (Å²) in [6, 6.07) is 7.48. The van der Waals surface area contributed by atoms with Crippen LogP contribution in [0.2, 0.25) is 0 Å². The van der Waals surface area contributed by atoms with Gasteiger partial charge in [-0.3, -0.25) is 0 Å². The van der Waals surface area contributed by atoms with Crippen molar-refractivity contribution < 1.29 is 18.9 Å². The molecule has 1 aromatic heterocycles. The molecule has 5 nitrogen and oxygen atoms in total. The van der Waals surface area contributed by atoms with E-state index in [1.54, 1.807) is 20.4 Å². The minimum Gasteiger partial charge on any atom is -0.493 e. The lowest BCUT2D eigenvalue weighted by Crippen LogP contribution is -2.23. The number of fused-ring (bicyclic) bond motifs is 1. The van der Waals surface area contributed by atoms with E-state index in [-0.39, 0.29) is 6.10 Å². The van der Waals surface area contributed by atoms with Crippen LogP contribution in [0.4, 0.5) is 0 Å². The van der Waals surface area contributed by atoms with Crippen molar-refractivity contribution in [3.63, 3.8) is 0 Å². The second-order valence-electron chi connectivity index (χ2n) is 4.79. The van der Waals surface area contributed by atoms with Crippen LogP contribution in [-0.4, -0.2) is 25.8 Å². The van der Waals surface area contributed by atoms with Gasteiger partial charge in [0.1, 0.15) is 6.61 Å². The number of para-hydroxylation sites is 1. The van der Waals surface area contributed by atoms with Crippen LogP contribution in [0.3, 0.4) is 0 Å². The maximum absolute atomic E-state index is 6.06. The lowest BCUT2D eigenvalue weighted by atomic mass is 10.1. The van der Waals surface area contributed by atoms with Gasteiger partial charge < -0.3 is 18.9 Å². The van der Waals surface area contributed by atoms with Gasteiger partial charge in [0.2, 0.25) is 11.6 Å². The smallest absolute Gasteiger partial charge is 0.213 e. The van der Waals surface area contributed by atoms with Crippen LogP contribution in [0.1, 0.15) is 17.2 Å². The normalized spacial score (nSPS) is 16.4. The molecule has 0 N–H and O–H groups in total. The molecule has 0 radical (unpaired) electrons. The van der Waals surface area contributed by atoms with E-state index in [4.69, 9.17) is 18.9 Å². The van der Waals surface area contributed by atoms with Gasteiger partial charge in [-0.15, -0.1) is 0 Å². The van der Waals surface area contributed by atoms with E-state index in [1.165, 1.54) is 0 Å². The molecule has 5 heteroatoms. The molecule has 0 spiro atoms. The number of aryl methyl sites for hydroxylation is 1. The molecule has 0 saturated carbocycles. The first-order valence-electron chi connectivity index (χ1n) is 6.70. The fourth-order valence-electron chi connectivity index (χ4n) is 2.37. The number of pyridine rings is 1. The van der Waals surface area contributed by atoms with E-state index in [0.717, 1.165) is 11.1 Å². The molecule has 21 heavy (non-hydrogen) atoms. The zero-order chi connectivity index (χ0) is 14.8. The lowest BCUT2D eigenvalue weighted by molar-refractivity contribution is 0.0864. The minimum atomic E-state index is -0.216. The summed E-state index contributed by atoms with van der Waals surface area (Å²) in [4.78, 5) is 4.24. The van der Waals surface area contributed by atoms with Gasteiger partial charge in [0.25, 0.3) is 0 Å². The topological polar surface area (TPSA) is 49.8 Å². The molecule has 0 amide bonds. The standard InChI is InChI=1S/C16H17NO4/c1-10-7-15(19-3)17-8-11(10)14-9-20-13-6-4-5-12(18-2)16(13)21-14/h4-8,14H,9H2,1-3H3. The Morgan fingerprint density at radius 2 is 2.10 bits per heavy atom. The molecule has 1 aliphatic rings. The third-order valence-corrected chi connectivity index (χ3v) is 3.50. The van der Waals surface area contributed by atoms with E-state index >= 15 is 0 Å². The Kier molecular flexibility index (Phi) is 3.56. The molecule has 2 heterocycles. The SMILES string of the molecule is COc1cc(C)c(C2COc3cccc(OC)c3O2)cn1. The highest BCUT2D eigenvalue weighted by atomic mass is 16.6. The van der Waals surface area contributed by atoms with Crippen LogP contribution < -0.4 is 18.9 Å². The molecular weight excluding hydrogens is 270 g/mol. The minimum absolute atomic E-state index is 0.216. The van der Waals surface area contributed by atoms with Gasteiger partial charge in [-0.05, 0) is 24.6 Å². The van der Waals surface area contributed by atoms with Gasteiger partial charge >= 0.3 is 0 Å². The first-order valence-corrected chi connectivity index (χ1v) is 6.70. The number of hydrogen-bond donors (Lipinski definition) is 0. The second-order valence-corrected chi connectivity index (χ2v) is 4.79. The van der Waals surface area contributed by atoms with Gasteiger partial charge in [0, 0.05) is 17.8 Å². The summed E-state index contributed by atoms with van der Waals surface area (Å²) < 4.78 is 22.3. The zero-order valence-corrected chi connectivity index (χ0v) is 12.3. The summed E-state index contributed by atoms with van der Waals surface area (Å²) in [6.07, 6.45) is 1.55. The average molecular weight is 287 g/mol. The molecule has 1 atom stereocenters. The van der Waals surface area contributed by atoms with E-state index in [2.05, 4.69) is 4.98 Å². The Balaban J connectivity index is 1.92. The molecule has 0 saturated heterocycles. The average Bonchev–Trinajstić information content (AvgIpc) is 2.53. The Hall–Kier alpha value is -2.43. The van der Waals surface area contributed by atoms with E-state index in [1.807, 2.05) is 31.2 Å². The molecule has 0 bridgehead atoms. The first-order chi connectivity index (χ1) is 10.2. The predicted molar refractivity (Wildman–Crippen MR) is 77.4 cm³/mol. The Morgan fingerprint density at radius 1 is 1.24 bits per heavy atom. The van der Waals surface area contributed by atoms with Crippen molar-refractivity contribution in [2.75, 3.05) is 20.8 Å². The van der Waals surface area contributed by atoms with Crippen molar-refractivity contribution in [3.8, 4) is 23.1 Å². The Labute approximate surface area is 123 Å². The predicted octanol–water partition coefficient (Wildman–Crippen LogP) is 2.92. The molecule has 1 aliphatic heterocycles. The Morgan fingerprint density at radius 3 is 2.81 bits per heavy atom. The highest BCUT2D eigenvalue weighted by Crippen LogP contribution is 2.43.